The molecule has 0 atom stereocenters. The van der Waals surface area contributed by atoms with Gasteiger partial charge < -0.3 is 19.1 Å². The molecule has 9 rings (SSSR count). The Bertz CT molecular complexity index is 2710. The molecule has 1 aliphatic heterocycles. The number of rotatable bonds is 7. The molecule has 0 radical (unpaired) electrons. The minimum atomic E-state index is -0.146. The van der Waals surface area contributed by atoms with Crippen LogP contribution in [0.1, 0.15) is 58.4 Å². The minimum Gasteiger partial charge on any atom is -0.509 e. The van der Waals surface area contributed by atoms with E-state index in [0.29, 0.717) is 17.4 Å². The van der Waals surface area contributed by atoms with Crippen LogP contribution in [0.3, 0.4) is 0 Å². The number of hydrogen-bond donors (Lipinski definition) is 0. The molecule has 3 heterocycles. The second-order valence-corrected chi connectivity index (χ2v) is 16.6. The van der Waals surface area contributed by atoms with Crippen molar-refractivity contribution in [3.63, 3.8) is 0 Å². The third-order valence-corrected chi connectivity index (χ3v) is 10.4. The molecule has 0 amide bonds. The van der Waals surface area contributed by atoms with Gasteiger partial charge in [0, 0.05) is 67.6 Å². The third kappa shape index (κ3) is 7.47. The van der Waals surface area contributed by atoms with Gasteiger partial charge >= 0.3 is 0 Å². The topological polar surface area (TPSA) is 46.4 Å². The van der Waals surface area contributed by atoms with Crippen LogP contribution in [0.4, 0.5) is 17.1 Å². The first kappa shape index (κ1) is 38.2. The van der Waals surface area contributed by atoms with Crippen LogP contribution in [0, 0.1) is 18.8 Å². The average Bonchev–Trinajstić information content (AvgIpc) is 3.73. The van der Waals surface area contributed by atoms with Gasteiger partial charge in [-0.15, -0.1) is 47.0 Å². The molecule has 0 bridgehead atoms. The van der Waals surface area contributed by atoms with Crippen LogP contribution in [-0.2, 0) is 38.4 Å². The molecule has 8 aromatic rings. The second kappa shape index (κ2) is 15.0. The quantitative estimate of drug-likeness (QED) is 0.149. The summed E-state index contributed by atoms with van der Waals surface area (Å²) in [4.78, 5) is 14.4. The molecule has 6 aromatic carbocycles. The summed E-state index contributed by atoms with van der Waals surface area (Å²) in [6.07, 6.45) is 1.85. The molecule has 0 unspecified atom stereocenters. The molecule has 288 valence electrons. The molecule has 0 saturated carbocycles. The molecule has 6 nitrogen and oxygen atoms in total. The van der Waals surface area contributed by atoms with Gasteiger partial charge in [0.15, 0.2) is 0 Å². The zero-order chi connectivity index (χ0) is 38.6. The van der Waals surface area contributed by atoms with E-state index in [2.05, 4.69) is 190 Å². The van der Waals surface area contributed by atoms with Gasteiger partial charge in [-0.1, -0.05) is 132 Å². The van der Waals surface area contributed by atoms with Gasteiger partial charge in [-0.05, 0) is 51.8 Å². The third-order valence-electron chi connectivity index (χ3n) is 10.4. The minimum absolute atomic E-state index is 0. The molecule has 1 aliphatic rings. The van der Waals surface area contributed by atoms with Gasteiger partial charge in [0.1, 0.15) is 0 Å². The van der Waals surface area contributed by atoms with Crippen molar-refractivity contribution in [2.45, 2.75) is 58.9 Å². The molecule has 0 N–H and O–H groups in total. The first-order valence-corrected chi connectivity index (χ1v) is 19.2. The van der Waals surface area contributed by atoms with Crippen LogP contribution in [0.25, 0.3) is 38.9 Å². The predicted octanol–water partition coefficient (Wildman–Crippen LogP) is 12.5. The van der Waals surface area contributed by atoms with E-state index in [0.717, 1.165) is 67.8 Å². The van der Waals surface area contributed by atoms with Crippen molar-refractivity contribution in [3.05, 3.63) is 175 Å². The standard InChI is InChI=1S/C50H44N5O.Pt/c1-49(2,3)37-28-38(54-33-53(32-34-15-9-7-10-16-34)44-19-13-14-20-45(44)54)30-40(29-37)56-39-22-23-41-42-27-36(35-17-11-8-12-18-35)21-24-43(42)55(46(41)31-39)48-51-26-25-47(52-48)50(4,5)6;/h7-29,33H,32H2,1-6H3;/q-3;. The van der Waals surface area contributed by atoms with Crippen LogP contribution >= 0.6 is 0 Å². The van der Waals surface area contributed by atoms with Crippen LogP contribution in [0.2, 0.25) is 0 Å². The molecular formula is C50H44N5OPt-3. The zero-order valence-corrected chi connectivity index (χ0v) is 35.3. The second-order valence-electron chi connectivity index (χ2n) is 16.6. The Labute approximate surface area is 350 Å². The first-order chi connectivity index (χ1) is 27.0. The fourth-order valence-corrected chi connectivity index (χ4v) is 7.41. The molecular weight excluding hydrogens is 882 g/mol. The van der Waals surface area contributed by atoms with Crippen molar-refractivity contribution < 1.29 is 25.8 Å². The Morgan fingerprint density at radius 3 is 2.11 bits per heavy atom. The van der Waals surface area contributed by atoms with Gasteiger partial charge in [-0.2, -0.15) is 12.7 Å². The number of fused-ring (bicyclic) bond motifs is 4. The van der Waals surface area contributed by atoms with E-state index in [1.165, 1.54) is 5.56 Å². The van der Waals surface area contributed by atoms with E-state index in [9.17, 15) is 0 Å². The molecule has 0 fully saturated rings. The number of ether oxygens (including phenoxy) is 1. The summed E-state index contributed by atoms with van der Waals surface area (Å²) in [6, 6.07) is 53.9. The molecule has 0 saturated heterocycles. The Morgan fingerprint density at radius 1 is 0.649 bits per heavy atom. The van der Waals surface area contributed by atoms with Crippen LogP contribution in [-0.4, -0.2) is 14.5 Å². The maximum atomic E-state index is 6.77. The number of benzene rings is 6. The summed E-state index contributed by atoms with van der Waals surface area (Å²) in [5.74, 6) is 1.81. The van der Waals surface area contributed by atoms with Crippen LogP contribution in [0.5, 0.6) is 11.5 Å². The molecule has 2 aromatic heterocycles. The van der Waals surface area contributed by atoms with Gasteiger partial charge in [0.25, 0.3) is 0 Å². The van der Waals surface area contributed by atoms with Crippen molar-refractivity contribution >= 4 is 38.9 Å². The van der Waals surface area contributed by atoms with Gasteiger partial charge in [-0.25, -0.2) is 9.97 Å². The van der Waals surface area contributed by atoms with Gasteiger partial charge in [0.2, 0.25) is 5.95 Å². The first-order valence-electron chi connectivity index (χ1n) is 19.2. The van der Waals surface area contributed by atoms with E-state index >= 15 is 0 Å². The van der Waals surface area contributed by atoms with Crippen molar-refractivity contribution in [1.29, 1.82) is 0 Å². The summed E-state index contributed by atoms with van der Waals surface area (Å²) >= 11 is 0. The van der Waals surface area contributed by atoms with Crippen LogP contribution in [0.15, 0.2) is 140 Å². The fraction of sp³-hybridized carbons (Fsp3) is 0.180. The fourth-order valence-electron chi connectivity index (χ4n) is 7.41. The van der Waals surface area contributed by atoms with E-state index in [4.69, 9.17) is 14.7 Å². The van der Waals surface area contributed by atoms with E-state index in [-0.39, 0.29) is 31.9 Å². The maximum Gasteiger partial charge on any atom is 0.232 e. The van der Waals surface area contributed by atoms with Crippen molar-refractivity contribution in [2.24, 2.45) is 0 Å². The number of hydrogen-bond acceptors (Lipinski definition) is 5. The maximum absolute atomic E-state index is 6.77. The SMILES string of the molecule is CC(C)(C)c1cc(Oc2[c-]c3c(cc2)c2cc(-c4ccccc4)ccc2n3-c2nccc(C(C)(C)C)n2)[c-]c(N2[CH-]N(Cc3ccccc3)c3ccccc32)c1.[Pt]. The molecule has 57 heavy (non-hydrogen) atoms. The Morgan fingerprint density at radius 2 is 1.37 bits per heavy atom. The van der Waals surface area contributed by atoms with Gasteiger partial charge in [0.05, 0.1) is 5.69 Å². The summed E-state index contributed by atoms with van der Waals surface area (Å²) in [5, 5.41) is 2.14. The summed E-state index contributed by atoms with van der Waals surface area (Å²) in [6.45, 7) is 16.1. The number of aromatic nitrogens is 3. The van der Waals surface area contributed by atoms with Crippen LogP contribution < -0.4 is 14.5 Å². The van der Waals surface area contributed by atoms with E-state index in [1.54, 1.807) is 0 Å². The normalized spacial score (nSPS) is 12.9. The van der Waals surface area contributed by atoms with Crippen molar-refractivity contribution in [2.75, 3.05) is 9.80 Å². The van der Waals surface area contributed by atoms with E-state index < -0.39 is 0 Å². The zero-order valence-electron chi connectivity index (χ0n) is 33.0. The smallest absolute Gasteiger partial charge is 0.232 e. The largest absolute Gasteiger partial charge is 0.509 e. The summed E-state index contributed by atoms with van der Waals surface area (Å²) in [5.41, 5.74) is 10.4. The Balaban J connectivity index is 0.00000455. The van der Waals surface area contributed by atoms with Gasteiger partial charge in [-0.3, -0.25) is 0 Å². The predicted molar refractivity (Wildman–Crippen MR) is 229 cm³/mol. The van der Waals surface area contributed by atoms with Crippen molar-refractivity contribution in [1.82, 2.24) is 14.5 Å². The van der Waals surface area contributed by atoms with Crippen molar-refractivity contribution in [3.8, 4) is 28.6 Å². The summed E-state index contributed by atoms with van der Waals surface area (Å²) < 4.78 is 8.88. The van der Waals surface area contributed by atoms with E-state index in [1.807, 2.05) is 24.4 Å². The Kier molecular flexibility index (Phi) is 10.0. The molecule has 0 aliphatic carbocycles. The Hall–Kier alpha value is -5.71. The number of nitrogens with zero attached hydrogens (tertiary/aromatic N) is 5. The molecule has 0 spiro atoms. The number of para-hydroxylation sites is 2. The number of anilines is 3. The summed E-state index contributed by atoms with van der Waals surface area (Å²) in [7, 11) is 0. The monoisotopic (exact) mass is 925 g/mol. The molecule has 7 heteroatoms. The average molecular weight is 926 g/mol.